The van der Waals surface area contributed by atoms with Gasteiger partial charge in [0.15, 0.2) is 0 Å². The number of likely N-dealkylation sites (N-methyl/N-ethyl adjacent to an activating group) is 1. The minimum Gasteiger partial charge on any atom is -0.392 e. The van der Waals surface area contributed by atoms with E-state index in [0.29, 0.717) is 24.9 Å². The number of carbonyl (C=O) groups is 1. The maximum absolute atomic E-state index is 12.1. The number of hydrogen-bond acceptors (Lipinski definition) is 4. The monoisotopic (exact) mass is 331 g/mol. The van der Waals surface area contributed by atoms with E-state index in [1.807, 2.05) is 18.0 Å². The number of carbonyl (C=O) groups excluding carboxylic acids is 1. The van der Waals surface area contributed by atoms with Gasteiger partial charge in [-0.3, -0.25) is 9.69 Å². The van der Waals surface area contributed by atoms with Gasteiger partial charge >= 0.3 is 0 Å². The lowest BCUT2D eigenvalue weighted by molar-refractivity contribution is -0.122. The Kier molecular flexibility index (Phi) is 5.74. The minimum absolute atomic E-state index is 0.0543. The molecule has 1 heterocycles. The topological polar surface area (TPSA) is 55.8 Å². The highest BCUT2D eigenvalue weighted by molar-refractivity contribution is 5.78. The minimum atomic E-state index is -0.280. The molecule has 2 aliphatic rings. The molecule has 1 aliphatic heterocycles. The Morgan fingerprint density at radius 2 is 2.08 bits per heavy atom. The normalized spacial score (nSPS) is 22.0. The zero-order chi connectivity index (χ0) is 16.9. The standard InChI is InChI=1S/C19H29N3O2/c1-21(13-18(23)16-7-8-16)14-19(24)20-11-15-9-10-22(12-15)17-5-3-2-4-6-17/h2-6,15-16,18,23H,7-14H2,1H3,(H,20,24). The van der Waals surface area contributed by atoms with E-state index in [1.165, 1.54) is 5.69 Å². The van der Waals surface area contributed by atoms with Crippen LogP contribution in [0.1, 0.15) is 19.3 Å². The number of benzene rings is 1. The van der Waals surface area contributed by atoms with Gasteiger partial charge < -0.3 is 15.3 Å². The predicted octanol–water partition coefficient (Wildman–Crippen LogP) is 1.33. The number of para-hydroxylation sites is 1. The highest BCUT2D eigenvalue weighted by atomic mass is 16.3. The summed E-state index contributed by atoms with van der Waals surface area (Å²) in [6.07, 6.45) is 3.09. The summed E-state index contributed by atoms with van der Waals surface area (Å²) in [7, 11) is 1.90. The molecule has 2 atom stereocenters. The molecule has 132 valence electrons. The molecule has 1 amide bonds. The van der Waals surface area contributed by atoms with Gasteiger partial charge in [0.05, 0.1) is 12.6 Å². The van der Waals surface area contributed by atoms with Crippen LogP contribution in [-0.2, 0) is 4.79 Å². The fourth-order valence-corrected chi connectivity index (χ4v) is 3.45. The number of anilines is 1. The fraction of sp³-hybridized carbons (Fsp3) is 0.632. The molecular formula is C19H29N3O2. The highest BCUT2D eigenvalue weighted by Gasteiger charge is 2.30. The summed E-state index contributed by atoms with van der Waals surface area (Å²) in [5.74, 6) is 1.02. The lowest BCUT2D eigenvalue weighted by Gasteiger charge is -2.21. The maximum Gasteiger partial charge on any atom is 0.234 e. The molecule has 2 N–H and O–H groups in total. The number of hydrogen-bond donors (Lipinski definition) is 2. The van der Waals surface area contributed by atoms with Crippen LogP contribution in [0.15, 0.2) is 30.3 Å². The summed E-state index contributed by atoms with van der Waals surface area (Å²) in [4.78, 5) is 16.4. The van der Waals surface area contributed by atoms with E-state index in [4.69, 9.17) is 0 Å². The van der Waals surface area contributed by atoms with Crippen molar-refractivity contribution in [3.63, 3.8) is 0 Å². The molecule has 1 saturated carbocycles. The summed E-state index contributed by atoms with van der Waals surface area (Å²) in [5, 5.41) is 13.0. The summed E-state index contributed by atoms with van der Waals surface area (Å²) < 4.78 is 0. The van der Waals surface area contributed by atoms with Gasteiger partial charge in [-0.15, -0.1) is 0 Å². The van der Waals surface area contributed by atoms with E-state index in [-0.39, 0.29) is 12.0 Å². The van der Waals surface area contributed by atoms with Crippen molar-refractivity contribution in [2.45, 2.75) is 25.4 Å². The van der Waals surface area contributed by atoms with Crippen LogP contribution in [0.4, 0.5) is 5.69 Å². The van der Waals surface area contributed by atoms with Crippen LogP contribution in [0.3, 0.4) is 0 Å². The first-order valence-electron chi connectivity index (χ1n) is 9.05. The van der Waals surface area contributed by atoms with Crippen LogP contribution in [0.2, 0.25) is 0 Å². The Balaban J connectivity index is 1.34. The van der Waals surface area contributed by atoms with E-state index in [9.17, 15) is 9.90 Å². The molecule has 1 saturated heterocycles. The molecule has 0 spiro atoms. The molecule has 24 heavy (non-hydrogen) atoms. The molecule has 5 heteroatoms. The Hall–Kier alpha value is -1.59. The van der Waals surface area contributed by atoms with Gasteiger partial charge in [0.25, 0.3) is 0 Å². The van der Waals surface area contributed by atoms with Gasteiger partial charge in [0, 0.05) is 31.9 Å². The molecule has 0 aromatic heterocycles. The van der Waals surface area contributed by atoms with Crippen LogP contribution < -0.4 is 10.2 Å². The average molecular weight is 331 g/mol. The van der Waals surface area contributed by atoms with E-state index >= 15 is 0 Å². The Morgan fingerprint density at radius 1 is 1.33 bits per heavy atom. The van der Waals surface area contributed by atoms with Gasteiger partial charge in [-0.25, -0.2) is 0 Å². The van der Waals surface area contributed by atoms with Crippen molar-refractivity contribution in [2.75, 3.05) is 44.7 Å². The Labute approximate surface area is 144 Å². The number of rotatable bonds is 8. The number of nitrogens with one attached hydrogen (secondary N) is 1. The van der Waals surface area contributed by atoms with Crippen molar-refractivity contribution >= 4 is 11.6 Å². The maximum atomic E-state index is 12.1. The first kappa shape index (κ1) is 17.2. The second-order valence-corrected chi connectivity index (χ2v) is 7.34. The average Bonchev–Trinajstić information content (AvgIpc) is 3.32. The predicted molar refractivity (Wildman–Crippen MR) is 96.0 cm³/mol. The zero-order valence-electron chi connectivity index (χ0n) is 14.5. The van der Waals surface area contributed by atoms with Crippen molar-refractivity contribution < 1.29 is 9.90 Å². The third-order valence-corrected chi connectivity index (χ3v) is 5.07. The zero-order valence-corrected chi connectivity index (χ0v) is 14.5. The molecule has 1 aromatic rings. The number of nitrogens with zero attached hydrogens (tertiary/aromatic N) is 2. The van der Waals surface area contributed by atoms with E-state index in [1.54, 1.807) is 0 Å². The molecule has 0 bridgehead atoms. The Morgan fingerprint density at radius 3 is 2.79 bits per heavy atom. The summed E-state index contributed by atoms with van der Waals surface area (Å²) in [6.45, 7) is 3.74. The summed E-state index contributed by atoms with van der Waals surface area (Å²) >= 11 is 0. The summed E-state index contributed by atoms with van der Waals surface area (Å²) in [6, 6.07) is 10.4. The van der Waals surface area contributed by atoms with Gasteiger partial charge in [-0.1, -0.05) is 18.2 Å². The van der Waals surface area contributed by atoms with Gasteiger partial charge in [0.2, 0.25) is 5.91 Å². The van der Waals surface area contributed by atoms with Crippen LogP contribution in [-0.4, -0.2) is 61.8 Å². The molecular weight excluding hydrogens is 302 g/mol. The second-order valence-electron chi connectivity index (χ2n) is 7.34. The fourth-order valence-electron chi connectivity index (χ4n) is 3.45. The van der Waals surface area contributed by atoms with Gasteiger partial charge in [-0.05, 0) is 50.3 Å². The molecule has 1 aromatic carbocycles. The van der Waals surface area contributed by atoms with Gasteiger partial charge in [-0.2, -0.15) is 0 Å². The highest BCUT2D eigenvalue weighted by Crippen LogP contribution is 2.32. The van der Waals surface area contributed by atoms with Crippen LogP contribution in [0.5, 0.6) is 0 Å². The largest absolute Gasteiger partial charge is 0.392 e. The van der Waals surface area contributed by atoms with Crippen LogP contribution in [0.25, 0.3) is 0 Å². The third-order valence-electron chi connectivity index (χ3n) is 5.07. The first-order chi connectivity index (χ1) is 11.6. The van der Waals surface area contributed by atoms with Crippen molar-refractivity contribution in [1.29, 1.82) is 0 Å². The quantitative estimate of drug-likeness (QED) is 0.755. The van der Waals surface area contributed by atoms with Crippen molar-refractivity contribution in [1.82, 2.24) is 10.2 Å². The Bertz CT molecular complexity index is 533. The molecule has 2 fully saturated rings. The van der Waals surface area contributed by atoms with Crippen LogP contribution >= 0.6 is 0 Å². The first-order valence-corrected chi connectivity index (χ1v) is 9.05. The second kappa shape index (κ2) is 7.99. The number of amides is 1. The SMILES string of the molecule is CN(CC(=O)NCC1CCN(c2ccccc2)C1)CC(O)C1CC1. The van der Waals surface area contributed by atoms with E-state index < -0.39 is 0 Å². The molecule has 5 nitrogen and oxygen atoms in total. The van der Waals surface area contributed by atoms with Crippen molar-refractivity contribution in [3.05, 3.63) is 30.3 Å². The lowest BCUT2D eigenvalue weighted by atomic mass is 10.1. The summed E-state index contributed by atoms with van der Waals surface area (Å²) in [5.41, 5.74) is 1.26. The third kappa shape index (κ3) is 4.95. The molecule has 2 unspecified atom stereocenters. The van der Waals surface area contributed by atoms with Crippen molar-refractivity contribution in [2.24, 2.45) is 11.8 Å². The molecule has 0 radical (unpaired) electrons. The number of aliphatic hydroxyl groups excluding tert-OH is 1. The van der Waals surface area contributed by atoms with Crippen LogP contribution in [0, 0.1) is 11.8 Å². The van der Waals surface area contributed by atoms with Crippen molar-refractivity contribution in [3.8, 4) is 0 Å². The molecule has 3 rings (SSSR count). The number of aliphatic hydroxyl groups is 1. The van der Waals surface area contributed by atoms with Gasteiger partial charge in [0.1, 0.15) is 0 Å². The smallest absolute Gasteiger partial charge is 0.234 e. The van der Waals surface area contributed by atoms with E-state index in [2.05, 4.69) is 34.5 Å². The van der Waals surface area contributed by atoms with E-state index in [0.717, 1.165) is 38.9 Å². The lowest BCUT2D eigenvalue weighted by Crippen LogP contribution is -2.40. The molecule has 1 aliphatic carbocycles.